The fourth-order valence-corrected chi connectivity index (χ4v) is 6.26. The number of hydrogen-bond donors (Lipinski definition) is 0. The largest absolute Gasteiger partial charge is 0.272 e. The Morgan fingerprint density at radius 1 is 0.606 bits per heavy atom. The molecule has 4 heteroatoms. The van der Waals surface area contributed by atoms with Gasteiger partial charge >= 0.3 is 0 Å². The Labute approximate surface area is 191 Å². The molecule has 2 amide bonds. The van der Waals surface area contributed by atoms with Crippen molar-refractivity contribution < 1.29 is 9.59 Å². The van der Waals surface area contributed by atoms with E-state index < -0.39 is 11.8 Å². The first kappa shape index (κ1) is 18.5. The van der Waals surface area contributed by atoms with Crippen LogP contribution >= 0.6 is 0 Å². The lowest BCUT2D eigenvalue weighted by atomic mass is 9.55. The van der Waals surface area contributed by atoms with Crippen LogP contribution in [0.4, 0.5) is 0 Å². The highest BCUT2D eigenvalue weighted by molar-refractivity contribution is 6.08. The number of carbonyl (C=O) groups excluding carboxylic acids is 2. The van der Waals surface area contributed by atoms with Gasteiger partial charge in [-0.2, -0.15) is 10.1 Å². The second kappa shape index (κ2) is 6.72. The maximum absolute atomic E-state index is 13.6. The molecule has 4 aromatic rings. The maximum atomic E-state index is 13.6. The first-order valence-corrected chi connectivity index (χ1v) is 11.3. The molecule has 8 rings (SSSR count). The first-order chi connectivity index (χ1) is 16.2. The van der Waals surface area contributed by atoms with Gasteiger partial charge in [-0.25, -0.2) is 0 Å². The average molecular weight is 428 g/mol. The molecule has 1 fully saturated rings. The molecule has 0 radical (unpaired) electrons. The molecular formula is C29H20N2O2. The van der Waals surface area contributed by atoms with Crippen molar-refractivity contribution in [1.29, 1.82) is 0 Å². The second-order valence-electron chi connectivity index (χ2n) is 9.07. The summed E-state index contributed by atoms with van der Waals surface area (Å²) in [6.07, 6.45) is 1.65. The lowest BCUT2D eigenvalue weighted by Gasteiger charge is -2.45. The van der Waals surface area contributed by atoms with E-state index in [1.807, 2.05) is 66.7 Å². The quantitative estimate of drug-likeness (QED) is 0.331. The molecule has 0 aromatic heterocycles. The lowest BCUT2D eigenvalue weighted by molar-refractivity contribution is -0.139. The molecule has 0 spiro atoms. The monoisotopic (exact) mass is 428 g/mol. The Balaban J connectivity index is 1.33. The fourth-order valence-electron chi connectivity index (χ4n) is 6.26. The third-order valence-electron chi connectivity index (χ3n) is 7.56. The zero-order valence-electron chi connectivity index (χ0n) is 17.8. The van der Waals surface area contributed by atoms with Crippen LogP contribution in [-0.2, 0) is 9.59 Å². The highest BCUT2D eigenvalue weighted by Gasteiger charge is 2.61. The van der Waals surface area contributed by atoms with Gasteiger partial charge in [0.1, 0.15) is 0 Å². The lowest BCUT2D eigenvalue weighted by Crippen LogP contribution is -2.41. The second-order valence-corrected chi connectivity index (χ2v) is 9.07. The van der Waals surface area contributed by atoms with Crippen LogP contribution in [0, 0.1) is 11.8 Å². The summed E-state index contributed by atoms with van der Waals surface area (Å²) in [6, 6.07) is 30.5. The van der Waals surface area contributed by atoms with Crippen molar-refractivity contribution in [1.82, 2.24) is 5.01 Å². The molecule has 4 nitrogen and oxygen atoms in total. The molecule has 1 heterocycles. The highest BCUT2D eigenvalue weighted by atomic mass is 16.2. The summed E-state index contributed by atoms with van der Waals surface area (Å²) in [7, 11) is 0. The van der Waals surface area contributed by atoms with Crippen molar-refractivity contribution in [3.8, 4) is 0 Å². The van der Waals surface area contributed by atoms with E-state index in [0.29, 0.717) is 0 Å². The molecule has 3 aliphatic carbocycles. The number of rotatable bonds is 2. The third-order valence-corrected chi connectivity index (χ3v) is 7.56. The molecule has 2 atom stereocenters. The van der Waals surface area contributed by atoms with E-state index in [0.717, 1.165) is 21.3 Å². The van der Waals surface area contributed by atoms with E-state index in [4.69, 9.17) is 0 Å². The van der Waals surface area contributed by atoms with Crippen molar-refractivity contribution in [2.45, 2.75) is 11.8 Å². The van der Waals surface area contributed by atoms with Crippen LogP contribution in [0.15, 0.2) is 96.1 Å². The van der Waals surface area contributed by atoms with Gasteiger partial charge < -0.3 is 0 Å². The summed E-state index contributed by atoms with van der Waals surface area (Å²) < 4.78 is 0. The minimum Gasteiger partial charge on any atom is -0.272 e. The maximum Gasteiger partial charge on any atom is 0.254 e. The van der Waals surface area contributed by atoms with Crippen molar-refractivity contribution in [2.75, 3.05) is 0 Å². The number of carbonyl (C=O) groups is 2. The van der Waals surface area contributed by atoms with Gasteiger partial charge in [0.2, 0.25) is 0 Å². The van der Waals surface area contributed by atoms with Gasteiger partial charge in [-0.1, -0.05) is 91.0 Å². The molecule has 4 aliphatic rings. The van der Waals surface area contributed by atoms with E-state index >= 15 is 0 Å². The van der Waals surface area contributed by atoms with Gasteiger partial charge in [0.05, 0.1) is 18.1 Å². The predicted octanol–water partition coefficient (Wildman–Crippen LogP) is 5.07. The van der Waals surface area contributed by atoms with Crippen LogP contribution in [0.1, 0.15) is 39.7 Å². The molecule has 2 bridgehead atoms. The van der Waals surface area contributed by atoms with Crippen molar-refractivity contribution in [2.24, 2.45) is 16.9 Å². The Hall–Kier alpha value is -4.05. The summed E-state index contributed by atoms with van der Waals surface area (Å²) >= 11 is 0. The predicted molar refractivity (Wildman–Crippen MR) is 127 cm³/mol. The first-order valence-electron chi connectivity index (χ1n) is 11.3. The summed E-state index contributed by atoms with van der Waals surface area (Å²) in [5, 5.41) is 7.73. The molecule has 4 aromatic carbocycles. The minimum absolute atomic E-state index is 0.110. The molecular weight excluding hydrogens is 408 g/mol. The molecule has 0 unspecified atom stereocenters. The van der Waals surface area contributed by atoms with Gasteiger partial charge in [0.25, 0.3) is 11.8 Å². The van der Waals surface area contributed by atoms with E-state index in [9.17, 15) is 9.59 Å². The van der Waals surface area contributed by atoms with Crippen LogP contribution in [-0.4, -0.2) is 23.0 Å². The normalized spacial score (nSPS) is 24.9. The summed E-state index contributed by atoms with van der Waals surface area (Å²) in [4.78, 5) is 27.3. The molecule has 33 heavy (non-hydrogen) atoms. The third kappa shape index (κ3) is 2.43. The van der Waals surface area contributed by atoms with E-state index in [1.54, 1.807) is 6.21 Å². The Morgan fingerprint density at radius 2 is 1.09 bits per heavy atom. The van der Waals surface area contributed by atoms with Crippen LogP contribution in [0.2, 0.25) is 0 Å². The van der Waals surface area contributed by atoms with E-state index in [1.165, 1.54) is 22.3 Å². The smallest absolute Gasteiger partial charge is 0.254 e. The van der Waals surface area contributed by atoms with Crippen molar-refractivity contribution in [3.63, 3.8) is 0 Å². The number of imide groups is 1. The van der Waals surface area contributed by atoms with Crippen LogP contribution < -0.4 is 0 Å². The highest BCUT2D eigenvalue weighted by Crippen LogP contribution is 2.60. The summed E-state index contributed by atoms with van der Waals surface area (Å²) in [6.45, 7) is 0. The van der Waals surface area contributed by atoms with Crippen LogP contribution in [0.3, 0.4) is 0 Å². The summed E-state index contributed by atoms with van der Waals surface area (Å²) in [5.74, 6) is -1.42. The number of hydrazone groups is 1. The van der Waals surface area contributed by atoms with Crippen molar-refractivity contribution in [3.05, 3.63) is 119 Å². The van der Waals surface area contributed by atoms with Gasteiger partial charge in [0, 0.05) is 17.4 Å². The van der Waals surface area contributed by atoms with Gasteiger partial charge in [-0.05, 0) is 33.0 Å². The molecule has 0 saturated carbocycles. The Kier molecular flexibility index (Phi) is 3.77. The number of benzene rings is 4. The molecule has 1 aliphatic heterocycles. The van der Waals surface area contributed by atoms with Gasteiger partial charge in [-0.3, -0.25) is 9.59 Å². The molecule has 158 valence electrons. The number of fused-ring (bicyclic) bond motifs is 1. The minimum atomic E-state index is -0.406. The zero-order valence-corrected chi connectivity index (χ0v) is 17.8. The Bertz CT molecular complexity index is 1380. The summed E-state index contributed by atoms with van der Waals surface area (Å²) in [5.41, 5.74) is 5.57. The van der Waals surface area contributed by atoms with Crippen LogP contribution in [0.25, 0.3) is 10.8 Å². The standard InChI is InChI=1S/C29H20N2O2/c32-28-26-24-20-12-3-4-13-21(20)25(23-15-6-5-14-22(23)24)27(26)29(33)31(28)30-16-18-10-7-9-17-8-1-2-11-19(17)18/h1-16,24-27H/b30-16-/t24?,25?,26-,27-/m1/s1. The van der Waals surface area contributed by atoms with Crippen molar-refractivity contribution >= 4 is 28.8 Å². The number of amides is 2. The van der Waals surface area contributed by atoms with E-state index in [2.05, 4.69) is 29.4 Å². The average Bonchev–Trinajstić information content (AvgIpc) is 3.12. The molecule has 0 N–H and O–H groups in total. The number of nitrogens with zero attached hydrogens (tertiary/aromatic N) is 2. The molecule has 1 saturated heterocycles. The SMILES string of the molecule is O=C1[C@@H]2C3c4ccccc4C(c4ccccc43)[C@H]2C(=O)N1/N=C\c1cccc2ccccc12. The fraction of sp³-hybridized carbons (Fsp3) is 0.138. The zero-order chi connectivity index (χ0) is 22.1. The van der Waals surface area contributed by atoms with Gasteiger partial charge in [0.15, 0.2) is 0 Å². The van der Waals surface area contributed by atoms with Crippen LogP contribution in [0.5, 0.6) is 0 Å². The van der Waals surface area contributed by atoms with E-state index in [-0.39, 0.29) is 23.7 Å². The number of hydrogen-bond acceptors (Lipinski definition) is 3. The Morgan fingerprint density at radius 3 is 1.67 bits per heavy atom. The topological polar surface area (TPSA) is 49.7 Å². The van der Waals surface area contributed by atoms with Gasteiger partial charge in [-0.15, -0.1) is 0 Å².